The van der Waals surface area contributed by atoms with Gasteiger partial charge in [-0.2, -0.15) is 4.68 Å². The highest BCUT2D eigenvalue weighted by Crippen LogP contribution is 2.24. The van der Waals surface area contributed by atoms with Gasteiger partial charge >= 0.3 is 0 Å². The van der Waals surface area contributed by atoms with E-state index >= 15 is 0 Å². The molecular weight excluding hydrogens is 424 g/mol. The van der Waals surface area contributed by atoms with Crippen LogP contribution in [0.3, 0.4) is 0 Å². The highest BCUT2D eigenvalue weighted by atomic mass is 35.5. The standard InChI is InChI=1S/C17H17N2.C9H9ClO3/c1-18-16(14-9-5-3-6-10-14)13-17(19(18)2)15-11-7-4-8-12-15;1-6-4-7(10)2-3-8(6)13-5-9(11)12/h3-13H,1-2H3;2-4H,5H2,1H3,(H,11,12)/q+1;/p-1. The van der Waals surface area contributed by atoms with Crippen molar-refractivity contribution in [2.75, 3.05) is 6.61 Å². The molecule has 1 aromatic heterocycles. The molecule has 0 saturated heterocycles. The van der Waals surface area contributed by atoms with Crippen LogP contribution in [-0.2, 0) is 18.9 Å². The molecule has 0 aliphatic carbocycles. The van der Waals surface area contributed by atoms with Crippen molar-refractivity contribution in [2.24, 2.45) is 14.1 Å². The molecule has 32 heavy (non-hydrogen) atoms. The molecule has 3 aromatic carbocycles. The molecule has 0 aliphatic rings. The van der Waals surface area contributed by atoms with Crippen molar-refractivity contribution < 1.29 is 19.3 Å². The maximum absolute atomic E-state index is 10.1. The minimum Gasteiger partial charge on any atom is -0.546 e. The third-order valence-corrected chi connectivity index (χ3v) is 5.28. The number of hydrogen-bond donors (Lipinski definition) is 0. The van der Waals surface area contributed by atoms with Crippen LogP contribution in [-0.4, -0.2) is 17.3 Å². The summed E-state index contributed by atoms with van der Waals surface area (Å²) in [6, 6.07) is 28.2. The Balaban J connectivity index is 0.000000195. The molecule has 0 amide bonds. The topological polar surface area (TPSA) is 58.2 Å². The maximum atomic E-state index is 10.1. The van der Waals surface area contributed by atoms with E-state index in [0.717, 1.165) is 5.56 Å². The third-order valence-electron chi connectivity index (χ3n) is 5.04. The van der Waals surface area contributed by atoms with E-state index in [1.807, 2.05) is 12.1 Å². The zero-order valence-corrected chi connectivity index (χ0v) is 19.0. The lowest BCUT2D eigenvalue weighted by molar-refractivity contribution is -0.740. The Hall–Kier alpha value is -3.57. The predicted molar refractivity (Wildman–Crippen MR) is 124 cm³/mol. The summed E-state index contributed by atoms with van der Waals surface area (Å²) in [6.07, 6.45) is 0. The number of rotatable bonds is 5. The number of ether oxygens (including phenoxy) is 1. The van der Waals surface area contributed by atoms with Gasteiger partial charge in [0.25, 0.3) is 0 Å². The minimum absolute atomic E-state index is 0.442. The van der Waals surface area contributed by atoms with Crippen molar-refractivity contribution in [3.63, 3.8) is 0 Å². The van der Waals surface area contributed by atoms with Gasteiger partial charge in [-0.1, -0.05) is 60.1 Å². The molecule has 4 rings (SSSR count). The van der Waals surface area contributed by atoms with Crippen LogP contribution < -0.4 is 14.5 Å². The molecule has 0 saturated carbocycles. The molecule has 0 bridgehead atoms. The van der Waals surface area contributed by atoms with E-state index < -0.39 is 12.6 Å². The van der Waals surface area contributed by atoms with Crippen LogP contribution in [0.15, 0.2) is 84.9 Å². The lowest BCUT2D eigenvalue weighted by atomic mass is 10.1. The predicted octanol–water partition coefficient (Wildman–Crippen LogP) is 3.96. The first-order valence-corrected chi connectivity index (χ1v) is 10.5. The monoisotopic (exact) mass is 448 g/mol. The highest BCUT2D eigenvalue weighted by Gasteiger charge is 2.19. The molecule has 0 atom stereocenters. The maximum Gasteiger partial charge on any atom is 0.238 e. The van der Waals surface area contributed by atoms with Crippen molar-refractivity contribution in [2.45, 2.75) is 6.92 Å². The molecule has 1 heterocycles. The zero-order valence-electron chi connectivity index (χ0n) is 18.3. The average molecular weight is 449 g/mol. The van der Waals surface area contributed by atoms with Gasteiger partial charge in [0, 0.05) is 22.2 Å². The highest BCUT2D eigenvalue weighted by molar-refractivity contribution is 6.30. The van der Waals surface area contributed by atoms with Crippen molar-refractivity contribution >= 4 is 17.6 Å². The molecule has 0 N–H and O–H groups in total. The Morgan fingerprint density at radius 2 is 1.56 bits per heavy atom. The van der Waals surface area contributed by atoms with E-state index in [1.165, 1.54) is 22.5 Å². The average Bonchev–Trinajstić information content (AvgIpc) is 3.09. The van der Waals surface area contributed by atoms with Gasteiger partial charge < -0.3 is 14.6 Å². The van der Waals surface area contributed by atoms with E-state index in [-0.39, 0.29) is 0 Å². The minimum atomic E-state index is -1.24. The van der Waals surface area contributed by atoms with Crippen LogP contribution in [0.2, 0.25) is 5.02 Å². The van der Waals surface area contributed by atoms with E-state index in [4.69, 9.17) is 16.3 Å². The molecule has 4 aromatic rings. The van der Waals surface area contributed by atoms with Gasteiger partial charge in [0.15, 0.2) is 7.05 Å². The van der Waals surface area contributed by atoms with Crippen LogP contribution >= 0.6 is 11.6 Å². The lowest BCUT2D eigenvalue weighted by Gasteiger charge is -2.09. The number of aliphatic carboxylic acids is 1. The van der Waals surface area contributed by atoms with E-state index in [1.54, 1.807) is 25.1 Å². The summed E-state index contributed by atoms with van der Waals surface area (Å²) in [5.74, 6) is -0.733. The molecule has 0 radical (unpaired) electrons. The molecule has 0 aliphatic heterocycles. The molecule has 0 unspecified atom stereocenters. The van der Waals surface area contributed by atoms with Gasteiger partial charge in [-0.25, -0.2) is 0 Å². The Kier molecular flexibility index (Phi) is 7.68. The van der Waals surface area contributed by atoms with Crippen molar-refractivity contribution in [3.05, 3.63) is 95.5 Å². The number of carboxylic acid groups (broad SMARTS) is 1. The Morgan fingerprint density at radius 1 is 0.969 bits per heavy atom. The van der Waals surface area contributed by atoms with E-state index in [9.17, 15) is 9.90 Å². The first-order chi connectivity index (χ1) is 15.4. The summed E-state index contributed by atoms with van der Waals surface area (Å²) in [5.41, 5.74) is 5.73. The number of aryl methyl sites for hydroxylation is 1. The molecule has 0 spiro atoms. The van der Waals surface area contributed by atoms with Crippen LogP contribution in [0, 0.1) is 6.92 Å². The number of nitrogens with zero attached hydrogens (tertiary/aromatic N) is 2. The molecular formula is C26H25ClN2O3. The van der Waals surface area contributed by atoms with Gasteiger partial charge in [0.1, 0.15) is 18.1 Å². The summed E-state index contributed by atoms with van der Waals surface area (Å²) < 4.78 is 9.29. The van der Waals surface area contributed by atoms with Crippen molar-refractivity contribution in [1.29, 1.82) is 0 Å². The first kappa shape index (κ1) is 23.1. The molecule has 164 valence electrons. The lowest BCUT2D eigenvalue weighted by Crippen LogP contribution is -2.39. The number of halogens is 1. The second kappa shape index (κ2) is 10.6. The number of hydrogen-bond acceptors (Lipinski definition) is 3. The number of carbonyl (C=O) groups is 1. The molecule has 6 heteroatoms. The Labute approximate surface area is 193 Å². The van der Waals surface area contributed by atoms with E-state index in [0.29, 0.717) is 10.8 Å². The Morgan fingerprint density at radius 3 is 2.12 bits per heavy atom. The van der Waals surface area contributed by atoms with Crippen LogP contribution in [0.4, 0.5) is 0 Å². The van der Waals surface area contributed by atoms with Crippen molar-refractivity contribution in [1.82, 2.24) is 4.68 Å². The zero-order chi connectivity index (χ0) is 23.1. The normalized spacial score (nSPS) is 10.2. The first-order valence-electron chi connectivity index (χ1n) is 10.1. The number of benzene rings is 3. The quantitative estimate of drug-likeness (QED) is 0.434. The second-order valence-electron chi connectivity index (χ2n) is 7.26. The van der Waals surface area contributed by atoms with Crippen molar-refractivity contribution in [3.8, 4) is 28.3 Å². The summed E-state index contributed by atoms with van der Waals surface area (Å²) in [5, 5.41) is 10.7. The van der Waals surface area contributed by atoms with E-state index in [2.05, 4.69) is 78.1 Å². The smallest absolute Gasteiger partial charge is 0.238 e. The SMILES string of the molecule is Cc1cc(Cl)ccc1OCC(=O)[O-].Cn1c(-c2ccccc2)cc(-c2ccccc2)[n+]1C. The van der Waals surface area contributed by atoms with Gasteiger partial charge in [0.05, 0.1) is 13.0 Å². The number of carboxylic acids is 1. The summed E-state index contributed by atoms with van der Waals surface area (Å²) in [7, 11) is 4.18. The summed E-state index contributed by atoms with van der Waals surface area (Å²) >= 11 is 5.70. The van der Waals surface area contributed by atoms with Crippen LogP contribution in [0.1, 0.15) is 5.56 Å². The largest absolute Gasteiger partial charge is 0.546 e. The fraction of sp³-hybridized carbons (Fsp3) is 0.154. The van der Waals surface area contributed by atoms with Gasteiger partial charge in [0.2, 0.25) is 5.69 Å². The van der Waals surface area contributed by atoms with Gasteiger partial charge in [-0.15, -0.1) is 4.68 Å². The van der Waals surface area contributed by atoms with Crippen LogP contribution in [0.5, 0.6) is 5.75 Å². The molecule has 5 nitrogen and oxygen atoms in total. The fourth-order valence-electron chi connectivity index (χ4n) is 3.31. The Bertz CT molecular complexity index is 1130. The number of carbonyl (C=O) groups excluding carboxylic acids is 1. The number of aromatic nitrogens is 2. The van der Waals surface area contributed by atoms with Gasteiger partial charge in [-0.05, 0) is 42.8 Å². The second-order valence-corrected chi connectivity index (χ2v) is 7.70. The van der Waals surface area contributed by atoms with Gasteiger partial charge in [-0.3, -0.25) is 0 Å². The summed E-state index contributed by atoms with van der Waals surface area (Å²) in [6.45, 7) is 1.35. The fourth-order valence-corrected chi connectivity index (χ4v) is 3.54. The third kappa shape index (κ3) is 5.77. The van der Waals surface area contributed by atoms with Crippen LogP contribution in [0.25, 0.3) is 22.5 Å². The summed E-state index contributed by atoms with van der Waals surface area (Å²) in [4.78, 5) is 10.1. The molecule has 0 fully saturated rings.